The number of aromatic hydroxyl groups is 1. The van der Waals surface area contributed by atoms with Crippen molar-refractivity contribution in [3.8, 4) is 50.5 Å². The van der Waals surface area contributed by atoms with Gasteiger partial charge in [0.15, 0.2) is 0 Å². The van der Waals surface area contributed by atoms with E-state index in [0.717, 1.165) is 55.7 Å². The first-order valence-corrected chi connectivity index (χ1v) is 10.7. The van der Waals surface area contributed by atoms with Crippen LogP contribution in [0.3, 0.4) is 0 Å². The largest absolute Gasteiger partial charge is 0.507 e. The van der Waals surface area contributed by atoms with Gasteiger partial charge in [-0.3, -0.25) is 0 Å². The fourth-order valence-corrected chi connectivity index (χ4v) is 4.55. The molecule has 1 aliphatic heterocycles. The summed E-state index contributed by atoms with van der Waals surface area (Å²) in [4.78, 5) is 0. The number of hydrogen-bond donors (Lipinski definition) is 1. The molecule has 0 saturated heterocycles. The maximum Gasteiger partial charge on any atom is 0.143 e. The second-order valence-electron chi connectivity index (χ2n) is 7.90. The van der Waals surface area contributed by atoms with Gasteiger partial charge in [-0.05, 0) is 34.9 Å². The van der Waals surface area contributed by atoms with E-state index in [1.165, 1.54) is 0 Å². The van der Waals surface area contributed by atoms with Crippen LogP contribution in [0.15, 0.2) is 120 Å². The molecule has 0 radical (unpaired) electrons. The van der Waals surface area contributed by atoms with Crippen molar-refractivity contribution in [2.24, 2.45) is 0 Å². The molecule has 32 heavy (non-hydrogen) atoms. The summed E-state index contributed by atoms with van der Waals surface area (Å²) >= 11 is 0. The smallest absolute Gasteiger partial charge is 0.143 e. The number of phenolic OH excluding ortho intramolecular Hbond substituents is 1. The Labute approximate surface area is 186 Å². The molecule has 4 aromatic rings. The molecule has 1 aliphatic carbocycles. The average Bonchev–Trinajstić information content (AvgIpc) is 3.26. The van der Waals surface area contributed by atoms with Crippen LogP contribution in [0.25, 0.3) is 55.7 Å². The number of benzene rings is 4. The van der Waals surface area contributed by atoms with Crippen molar-refractivity contribution in [1.82, 2.24) is 0 Å². The van der Waals surface area contributed by atoms with Crippen molar-refractivity contribution in [2.45, 2.75) is 0 Å². The van der Waals surface area contributed by atoms with Crippen LogP contribution in [-0.2, 0) is 0 Å². The Kier molecular flexibility index (Phi) is 4.29. The lowest BCUT2D eigenvalue weighted by Crippen LogP contribution is -1.90. The van der Waals surface area contributed by atoms with Gasteiger partial charge in [-0.2, -0.15) is 0 Å². The van der Waals surface area contributed by atoms with Gasteiger partial charge in [-0.1, -0.05) is 97.1 Å². The molecule has 0 fully saturated rings. The van der Waals surface area contributed by atoms with E-state index < -0.39 is 0 Å². The molecular weight excluding hydrogens is 392 g/mol. The Morgan fingerprint density at radius 3 is 1.88 bits per heavy atom. The molecule has 0 saturated carbocycles. The molecule has 4 aromatic carbocycles. The molecule has 0 bridgehead atoms. The Morgan fingerprint density at radius 2 is 1.12 bits per heavy atom. The summed E-state index contributed by atoms with van der Waals surface area (Å²) in [6.45, 7) is 0. The summed E-state index contributed by atoms with van der Waals surface area (Å²) in [6.07, 6.45) is 0. The zero-order valence-corrected chi connectivity index (χ0v) is 17.3. The van der Waals surface area contributed by atoms with Gasteiger partial charge < -0.3 is 9.52 Å². The minimum Gasteiger partial charge on any atom is -0.507 e. The van der Waals surface area contributed by atoms with Gasteiger partial charge in [0, 0.05) is 27.6 Å². The first-order valence-electron chi connectivity index (χ1n) is 10.7. The van der Waals surface area contributed by atoms with Crippen molar-refractivity contribution in [1.29, 1.82) is 0 Å². The van der Waals surface area contributed by atoms with Crippen LogP contribution in [0.5, 0.6) is 5.75 Å². The molecule has 0 aromatic heterocycles. The number of fused-ring (bicyclic) bond motifs is 3. The standard InChI is InChI=1S/C30H20O2/c31-26-17-9-7-15-22(26)25-19-24(20-11-3-1-4-12-20)29-28(25)23-16-8-10-18-27(23)32-30(29)21-13-5-2-6-14-21/h1-19,31H. The number of para-hydroxylation sites is 2. The summed E-state index contributed by atoms with van der Waals surface area (Å²) < 4.78 is 6.54. The van der Waals surface area contributed by atoms with E-state index in [1.54, 1.807) is 6.07 Å². The van der Waals surface area contributed by atoms with E-state index in [1.807, 2.05) is 72.8 Å². The molecule has 152 valence electrons. The quantitative estimate of drug-likeness (QED) is 0.317. The van der Waals surface area contributed by atoms with Gasteiger partial charge in [0.25, 0.3) is 0 Å². The lowest BCUT2D eigenvalue weighted by molar-refractivity contribution is 0.477. The van der Waals surface area contributed by atoms with Crippen LogP contribution in [0.4, 0.5) is 0 Å². The third-order valence-electron chi connectivity index (χ3n) is 5.99. The van der Waals surface area contributed by atoms with Crippen molar-refractivity contribution in [3.05, 3.63) is 115 Å². The third-order valence-corrected chi connectivity index (χ3v) is 5.99. The summed E-state index contributed by atoms with van der Waals surface area (Å²) in [6, 6.07) is 38.4. The van der Waals surface area contributed by atoms with Crippen LogP contribution in [0.2, 0.25) is 0 Å². The van der Waals surface area contributed by atoms with E-state index >= 15 is 0 Å². The lowest BCUT2D eigenvalue weighted by Gasteiger charge is -2.16. The number of phenols is 1. The summed E-state index contributed by atoms with van der Waals surface area (Å²) in [5.74, 6) is 1.10. The molecule has 2 aliphatic rings. The highest BCUT2D eigenvalue weighted by molar-refractivity contribution is 6.12. The van der Waals surface area contributed by atoms with Gasteiger partial charge in [0.05, 0.1) is 0 Å². The van der Waals surface area contributed by atoms with Crippen LogP contribution in [-0.4, -0.2) is 5.11 Å². The third kappa shape index (κ3) is 2.89. The van der Waals surface area contributed by atoms with Crippen molar-refractivity contribution in [3.63, 3.8) is 0 Å². The van der Waals surface area contributed by atoms with Gasteiger partial charge in [0.1, 0.15) is 17.1 Å². The van der Waals surface area contributed by atoms with E-state index in [2.05, 4.69) is 36.4 Å². The summed E-state index contributed by atoms with van der Waals surface area (Å²) in [7, 11) is 0. The number of rotatable bonds is 3. The Hall–Kier alpha value is -4.30. The topological polar surface area (TPSA) is 33.4 Å². The van der Waals surface area contributed by atoms with E-state index in [9.17, 15) is 5.11 Å². The van der Waals surface area contributed by atoms with Gasteiger partial charge in [-0.25, -0.2) is 0 Å². The first kappa shape index (κ1) is 18.5. The molecular formula is C30H20O2. The molecule has 2 heteroatoms. The summed E-state index contributed by atoms with van der Waals surface area (Å²) in [5, 5.41) is 11.8. The van der Waals surface area contributed by atoms with Crippen LogP contribution < -0.4 is 0 Å². The molecule has 0 unspecified atom stereocenters. The van der Waals surface area contributed by atoms with Crippen molar-refractivity contribution >= 4 is 11.0 Å². The highest BCUT2D eigenvalue weighted by Crippen LogP contribution is 2.52. The second kappa shape index (κ2) is 7.44. The van der Waals surface area contributed by atoms with E-state index in [0.29, 0.717) is 0 Å². The van der Waals surface area contributed by atoms with E-state index in [4.69, 9.17) is 4.42 Å². The fourth-order valence-electron chi connectivity index (χ4n) is 4.55. The molecule has 1 heterocycles. The highest BCUT2D eigenvalue weighted by Gasteiger charge is 2.27. The molecule has 0 atom stereocenters. The Morgan fingerprint density at radius 1 is 0.500 bits per heavy atom. The maximum absolute atomic E-state index is 10.7. The molecule has 1 N–H and O–H groups in total. The molecule has 2 nitrogen and oxygen atoms in total. The Balaban J connectivity index is 1.81. The predicted octanol–water partition coefficient (Wildman–Crippen LogP) is 8.24. The SMILES string of the molecule is Oc1ccccc1-c1cc(-c2ccccc2)c2c(-c3ccccc3)oc3ccccc3c1-2. The summed E-state index contributed by atoms with van der Waals surface area (Å²) in [5.41, 5.74) is 8.01. The minimum atomic E-state index is 0.269. The first-order chi connectivity index (χ1) is 15.8. The normalized spacial score (nSPS) is 11.2. The molecule has 0 amide bonds. The average molecular weight is 412 g/mol. The minimum absolute atomic E-state index is 0.269. The lowest BCUT2D eigenvalue weighted by atomic mass is 9.92. The zero-order chi connectivity index (χ0) is 21.5. The fraction of sp³-hybridized carbons (Fsp3) is 0. The number of hydrogen-bond acceptors (Lipinski definition) is 2. The predicted molar refractivity (Wildman–Crippen MR) is 131 cm³/mol. The van der Waals surface area contributed by atoms with Gasteiger partial charge >= 0.3 is 0 Å². The maximum atomic E-state index is 10.7. The van der Waals surface area contributed by atoms with Crippen LogP contribution >= 0.6 is 0 Å². The van der Waals surface area contributed by atoms with Gasteiger partial charge in [-0.15, -0.1) is 0 Å². The van der Waals surface area contributed by atoms with Crippen molar-refractivity contribution in [2.75, 3.05) is 0 Å². The van der Waals surface area contributed by atoms with E-state index in [-0.39, 0.29) is 5.75 Å². The Bertz CT molecular complexity index is 1510. The van der Waals surface area contributed by atoms with Crippen molar-refractivity contribution < 1.29 is 9.52 Å². The van der Waals surface area contributed by atoms with Crippen LogP contribution in [0, 0.1) is 0 Å². The second-order valence-corrected chi connectivity index (χ2v) is 7.90. The molecule has 0 spiro atoms. The van der Waals surface area contributed by atoms with Crippen LogP contribution in [0.1, 0.15) is 0 Å². The highest BCUT2D eigenvalue weighted by atomic mass is 16.3. The monoisotopic (exact) mass is 412 g/mol. The van der Waals surface area contributed by atoms with Gasteiger partial charge in [0.2, 0.25) is 0 Å². The zero-order valence-electron chi connectivity index (χ0n) is 17.3. The molecule has 6 rings (SSSR count).